The van der Waals surface area contributed by atoms with Gasteiger partial charge in [0.1, 0.15) is 6.61 Å². The summed E-state index contributed by atoms with van der Waals surface area (Å²) < 4.78 is 19.0. The molecule has 0 heterocycles. The second-order valence-electron chi connectivity index (χ2n) is 3.04. The van der Waals surface area contributed by atoms with Crippen LogP contribution in [0.3, 0.4) is 0 Å². The second kappa shape index (κ2) is 10.9. The molecule has 2 N–H and O–H groups in total. The number of hydrogen-bond donors (Lipinski definition) is 2. The van der Waals surface area contributed by atoms with Crippen molar-refractivity contribution >= 4 is 11.9 Å². The van der Waals surface area contributed by atoms with E-state index >= 15 is 0 Å². The molecule has 0 aliphatic heterocycles. The predicted octanol–water partition coefficient (Wildman–Crippen LogP) is -1.56. The summed E-state index contributed by atoms with van der Waals surface area (Å²) in [5.74, 6) is -1.60. The van der Waals surface area contributed by atoms with Crippen LogP contribution in [-0.2, 0) is 28.5 Å². The van der Waals surface area contributed by atoms with Crippen molar-refractivity contribution in [2.45, 2.75) is 13.2 Å². The number of carbonyl (C=O) groups is 2. The van der Waals surface area contributed by atoms with Crippen molar-refractivity contribution in [1.29, 1.82) is 0 Å². The van der Waals surface area contributed by atoms with Gasteiger partial charge in [-0.1, -0.05) is 0 Å². The van der Waals surface area contributed by atoms with Gasteiger partial charge < -0.3 is 29.2 Å². The van der Waals surface area contributed by atoms with E-state index in [2.05, 4.69) is 9.47 Å². The molecule has 8 heteroatoms. The number of ether oxygens (including phenoxy) is 4. The molecule has 0 aliphatic carbocycles. The maximum Gasteiger partial charge on any atom is 0.376 e. The summed E-state index contributed by atoms with van der Waals surface area (Å²) in [6, 6.07) is 0. The Kier molecular flexibility index (Phi) is 10.2. The van der Waals surface area contributed by atoms with Crippen LogP contribution in [0.5, 0.6) is 0 Å². The summed E-state index contributed by atoms with van der Waals surface area (Å²) in [7, 11) is 0. The number of aliphatic hydroxyl groups is 2. The third-order valence-electron chi connectivity index (χ3n) is 1.53. The van der Waals surface area contributed by atoms with Crippen LogP contribution in [0.15, 0.2) is 0 Å². The van der Waals surface area contributed by atoms with Gasteiger partial charge in [-0.3, -0.25) is 4.79 Å². The largest absolute Gasteiger partial charge is 0.459 e. The van der Waals surface area contributed by atoms with Gasteiger partial charge in [-0.05, 0) is 0 Å². The lowest BCUT2D eigenvalue weighted by molar-refractivity contribution is -0.202. The minimum absolute atomic E-state index is 0.00777. The number of esters is 2. The zero-order chi connectivity index (χ0) is 13.8. The van der Waals surface area contributed by atoms with Crippen LogP contribution >= 0.6 is 0 Å². The lowest BCUT2D eigenvalue weighted by Gasteiger charge is -2.16. The third-order valence-corrected chi connectivity index (χ3v) is 1.53. The highest BCUT2D eigenvalue weighted by atomic mass is 16.7. The summed E-state index contributed by atoms with van der Waals surface area (Å²) >= 11 is 0. The van der Waals surface area contributed by atoms with Gasteiger partial charge in [0.2, 0.25) is 0 Å². The number of aliphatic hydroxyl groups excluding tert-OH is 2. The van der Waals surface area contributed by atoms with E-state index in [4.69, 9.17) is 19.7 Å². The summed E-state index contributed by atoms with van der Waals surface area (Å²) in [6.07, 6.45) is -1.48. The standard InChI is InChI=1S/C10H18O8/c1-8(13)18-10(9(14)16-5-3-12)17-7-6-15-4-2-11/h10-12H,2-7H2,1H3. The molecule has 106 valence electrons. The Bertz CT molecular complexity index is 242. The van der Waals surface area contributed by atoms with Gasteiger partial charge in [-0.2, -0.15) is 0 Å². The van der Waals surface area contributed by atoms with E-state index in [1.165, 1.54) is 0 Å². The first kappa shape index (κ1) is 16.8. The maximum absolute atomic E-state index is 11.3. The number of rotatable bonds is 10. The SMILES string of the molecule is CC(=O)OC(OCCOCCO)C(=O)OCCO. The van der Waals surface area contributed by atoms with E-state index in [1.807, 2.05) is 0 Å². The molecule has 0 spiro atoms. The van der Waals surface area contributed by atoms with E-state index in [9.17, 15) is 9.59 Å². The van der Waals surface area contributed by atoms with Crippen molar-refractivity contribution in [1.82, 2.24) is 0 Å². The number of hydrogen-bond acceptors (Lipinski definition) is 8. The van der Waals surface area contributed by atoms with Crippen molar-refractivity contribution in [2.24, 2.45) is 0 Å². The summed E-state index contributed by atoms with van der Waals surface area (Å²) in [5, 5.41) is 16.9. The summed E-state index contributed by atoms with van der Waals surface area (Å²) in [6.45, 7) is 0.733. The fourth-order valence-electron chi connectivity index (χ4n) is 0.896. The van der Waals surface area contributed by atoms with Gasteiger partial charge in [-0.15, -0.1) is 0 Å². The summed E-state index contributed by atoms with van der Waals surface area (Å²) in [4.78, 5) is 22.1. The van der Waals surface area contributed by atoms with Crippen LogP contribution in [0, 0.1) is 0 Å². The minimum atomic E-state index is -1.48. The molecule has 0 rings (SSSR count). The third kappa shape index (κ3) is 8.88. The molecule has 0 aromatic rings. The van der Waals surface area contributed by atoms with Crippen LogP contribution < -0.4 is 0 Å². The first-order valence-corrected chi connectivity index (χ1v) is 5.36. The van der Waals surface area contributed by atoms with Crippen LogP contribution in [0.1, 0.15) is 6.92 Å². The summed E-state index contributed by atoms with van der Waals surface area (Å²) in [5.41, 5.74) is 0. The quantitative estimate of drug-likeness (QED) is 0.277. The first-order chi connectivity index (χ1) is 8.61. The Morgan fingerprint density at radius 1 is 1.06 bits per heavy atom. The molecule has 0 aliphatic rings. The van der Waals surface area contributed by atoms with E-state index in [1.54, 1.807) is 0 Å². The maximum atomic E-state index is 11.3. The van der Waals surface area contributed by atoms with Crippen molar-refractivity contribution in [3.05, 3.63) is 0 Å². The zero-order valence-electron chi connectivity index (χ0n) is 10.2. The molecular formula is C10H18O8. The lowest BCUT2D eigenvalue weighted by Crippen LogP contribution is -2.33. The highest BCUT2D eigenvalue weighted by Crippen LogP contribution is 1.99. The Hall–Kier alpha value is -1.22. The highest BCUT2D eigenvalue weighted by Gasteiger charge is 2.23. The Morgan fingerprint density at radius 2 is 1.72 bits per heavy atom. The highest BCUT2D eigenvalue weighted by molar-refractivity contribution is 5.77. The normalized spacial score (nSPS) is 11.9. The smallest absolute Gasteiger partial charge is 0.376 e. The molecule has 1 unspecified atom stereocenters. The topological polar surface area (TPSA) is 112 Å². The van der Waals surface area contributed by atoms with Crippen LogP contribution in [-0.4, -0.2) is 68.1 Å². The van der Waals surface area contributed by atoms with Crippen LogP contribution in [0.4, 0.5) is 0 Å². The molecule has 0 aromatic carbocycles. The fraction of sp³-hybridized carbons (Fsp3) is 0.800. The van der Waals surface area contributed by atoms with Crippen molar-refractivity contribution in [3.63, 3.8) is 0 Å². The Balaban J connectivity index is 3.98. The van der Waals surface area contributed by atoms with Gasteiger partial charge in [0, 0.05) is 6.92 Å². The van der Waals surface area contributed by atoms with Gasteiger partial charge in [0.05, 0.1) is 33.0 Å². The predicted molar refractivity (Wildman–Crippen MR) is 57.5 cm³/mol. The molecule has 0 saturated heterocycles. The van der Waals surface area contributed by atoms with Crippen molar-refractivity contribution in [3.8, 4) is 0 Å². The molecule has 0 amide bonds. The zero-order valence-corrected chi connectivity index (χ0v) is 10.2. The molecule has 0 bridgehead atoms. The number of carbonyl (C=O) groups excluding carboxylic acids is 2. The Morgan fingerprint density at radius 3 is 2.28 bits per heavy atom. The molecule has 0 saturated carbocycles. The monoisotopic (exact) mass is 266 g/mol. The van der Waals surface area contributed by atoms with Gasteiger partial charge in [0.25, 0.3) is 0 Å². The molecule has 0 fully saturated rings. The molecule has 0 radical (unpaired) electrons. The van der Waals surface area contributed by atoms with Crippen LogP contribution in [0.2, 0.25) is 0 Å². The second-order valence-corrected chi connectivity index (χ2v) is 3.04. The van der Waals surface area contributed by atoms with Gasteiger partial charge in [0.15, 0.2) is 0 Å². The van der Waals surface area contributed by atoms with E-state index in [0.29, 0.717) is 0 Å². The van der Waals surface area contributed by atoms with Crippen LogP contribution in [0.25, 0.3) is 0 Å². The first-order valence-electron chi connectivity index (χ1n) is 5.36. The molecule has 0 aromatic heterocycles. The van der Waals surface area contributed by atoms with Crippen molar-refractivity contribution in [2.75, 3.05) is 39.6 Å². The molecule has 1 atom stereocenters. The average Bonchev–Trinajstić information content (AvgIpc) is 2.33. The Labute approximate surface area is 104 Å². The van der Waals surface area contributed by atoms with E-state index in [0.717, 1.165) is 6.92 Å². The lowest BCUT2D eigenvalue weighted by atomic mass is 10.6. The van der Waals surface area contributed by atoms with Crippen molar-refractivity contribution < 1.29 is 38.7 Å². The fourth-order valence-corrected chi connectivity index (χ4v) is 0.896. The molecular weight excluding hydrogens is 248 g/mol. The van der Waals surface area contributed by atoms with Gasteiger partial charge >= 0.3 is 18.2 Å². The minimum Gasteiger partial charge on any atom is -0.459 e. The van der Waals surface area contributed by atoms with Gasteiger partial charge in [-0.25, -0.2) is 4.79 Å². The van der Waals surface area contributed by atoms with E-state index < -0.39 is 18.2 Å². The molecule has 8 nitrogen and oxygen atoms in total. The van der Waals surface area contributed by atoms with E-state index in [-0.39, 0.29) is 39.6 Å². The molecule has 18 heavy (non-hydrogen) atoms. The average molecular weight is 266 g/mol.